The molecule has 148 valence electrons. The summed E-state index contributed by atoms with van der Waals surface area (Å²) in [6.07, 6.45) is 1.17. The second-order valence-corrected chi connectivity index (χ2v) is 8.09. The number of carbonyl (C=O) groups excluding carboxylic acids is 1. The molecule has 29 heavy (non-hydrogen) atoms. The van der Waals surface area contributed by atoms with Gasteiger partial charge >= 0.3 is 0 Å². The van der Waals surface area contributed by atoms with Gasteiger partial charge in [-0.2, -0.15) is 5.10 Å². The zero-order valence-corrected chi connectivity index (χ0v) is 16.2. The van der Waals surface area contributed by atoms with Crippen LogP contribution in [0.5, 0.6) is 0 Å². The van der Waals surface area contributed by atoms with E-state index in [9.17, 15) is 14.4 Å². The molecule has 0 saturated carbocycles. The van der Waals surface area contributed by atoms with E-state index in [1.54, 1.807) is 25.2 Å². The lowest BCUT2D eigenvalue weighted by atomic mass is 9.83. The predicted molar refractivity (Wildman–Crippen MR) is 109 cm³/mol. The van der Waals surface area contributed by atoms with Crippen LogP contribution in [-0.4, -0.2) is 38.2 Å². The number of hydrogen-bond donors (Lipinski definition) is 0. The van der Waals surface area contributed by atoms with Crippen LogP contribution in [0.15, 0.2) is 52.1 Å². The van der Waals surface area contributed by atoms with Gasteiger partial charge in [-0.05, 0) is 24.5 Å². The molecule has 1 saturated heterocycles. The lowest BCUT2D eigenvalue weighted by Crippen LogP contribution is -2.49. The molecule has 2 atom stereocenters. The summed E-state index contributed by atoms with van der Waals surface area (Å²) in [7, 11) is 1.61. The highest BCUT2D eigenvalue weighted by Crippen LogP contribution is 2.35. The van der Waals surface area contributed by atoms with E-state index in [1.807, 2.05) is 33.7 Å². The second kappa shape index (κ2) is 6.69. The number of aromatic nitrogens is 3. The Hall–Kier alpha value is -3.22. The molecule has 4 heterocycles. The molecular weight excluding hydrogens is 368 g/mol. The van der Waals surface area contributed by atoms with Crippen molar-refractivity contribution < 1.29 is 4.79 Å². The number of pyridine rings is 1. The van der Waals surface area contributed by atoms with E-state index in [0.717, 1.165) is 17.5 Å². The Labute approximate surface area is 167 Å². The number of carbonyl (C=O) groups is 1. The number of fused-ring (bicyclic) bond motifs is 5. The first-order valence-electron chi connectivity index (χ1n) is 9.93. The number of nitrogens with zero attached hydrogens (tertiary/aromatic N) is 4. The van der Waals surface area contributed by atoms with Gasteiger partial charge in [-0.25, -0.2) is 4.68 Å². The van der Waals surface area contributed by atoms with Crippen LogP contribution >= 0.6 is 0 Å². The van der Waals surface area contributed by atoms with Crippen molar-refractivity contribution in [3.05, 3.63) is 74.6 Å². The molecule has 1 aromatic carbocycles. The zero-order valence-electron chi connectivity index (χ0n) is 16.2. The lowest BCUT2D eigenvalue weighted by Gasteiger charge is -2.42. The van der Waals surface area contributed by atoms with Crippen LogP contribution in [-0.2, 0) is 24.8 Å². The molecular formula is C22H22N4O3. The summed E-state index contributed by atoms with van der Waals surface area (Å²) in [5.41, 5.74) is 1.53. The van der Waals surface area contributed by atoms with Gasteiger partial charge in [0.25, 0.3) is 11.1 Å². The fourth-order valence-corrected chi connectivity index (χ4v) is 4.86. The van der Waals surface area contributed by atoms with Gasteiger partial charge in [0.1, 0.15) is 0 Å². The van der Waals surface area contributed by atoms with Gasteiger partial charge < -0.3 is 9.47 Å². The van der Waals surface area contributed by atoms with Crippen LogP contribution in [0.3, 0.4) is 0 Å². The molecule has 2 bridgehead atoms. The van der Waals surface area contributed by atoms with E-state index in [2.05, 4.69) is 5.10 Å². The standard InChI is InChI=1S/C22H22N4O3/c1-24-22(29)17-6-3-2-5-16(17)18(23-24)10-21(28)25-11-14-9-15(13-25)19-7-4-8-20(27)26(19)12-14/h2-8,14-15H,9-13H2,1H3. The van der Waals surface area contributed by atoms with Crippen LogP contribution in [0.1, 0.15) is 23.7 Å². The molecule has 7 nitrogen and oxygen atoms in total. The maximum atomic E-state index is 13.1. The minimum absolute atomic E-state index is 0.0164. The Morgan fingerprint density at radius 2 is 1.83 bits per heavy atom. The van der Waals surface area contributed by atoms with Crippen molar-refractivity contribution in [3.63, 3.8) is 0 Å². The Bertz CT molecular complexity index is 1240. The minimum Gasteiger partial charge on any atom is -0.341 e. The third kappa shape index (κ3) is 2.97. The Morgan fingerprint density at radius 1 is 1.03 bits per heavy atom. The average Bonchev–Trinajstić information content (AvgIpc) is 2.72. The summed E-state index contributed by atoms with van der Waals surface area (Å²) in [5, 5.41) is 5.68. The van der Waals surface area contributed by atoms with Crippen molar-refractivity contribution in [2.75, 3.05) is 13.1 Å². The minimum atomic E-state index is -0.161. The Kier molecular flexibility index (Phi) is 4.12. The molecule has 0 N–H and O–H groups in total. The highest BCUT2D eigenvalue weighted by molar-refractivity contribution is 5.88. The van der Waals surface area contributed by atoms with Crippen LogP contribution in [0.2, 0.25) is 0 Å². The highest BCUT2D eigenvalue weighted by atomic mass is 16.2. The largest absolute Gasteiger partial charge is 0.341 e. The van der Waals surface area contributed by atoms with E-state index in [1.165, 1.54) is 4.68 Å². The zero-order chi connectivity index (χ0) is 20.1. The van der Waals surface area contributed by atoms with Crippen molar-refractivity contribution in [2.45, 2.75) is 25.3 Å². The van der Waals surface area contributed by atoms with Gasteiger partial charge in [0.05, 0.1) is 17.5 Å². The highest BCUT2D eigenvalue weighted by Gasteiger charge is 2.36. The number of amides is 1. The smallest absolute Gasteiger partial charge is 0.274 e. The van der Waals surface area contributed by atoms with Crippen molar-refractivity contribution in [1.82, 2.24) is 19.2 Å². The lowest BCUT2D eigenvalue weighted by molar-refractivity contribution is -0.133. The molecule has 3 aromatic rings. The molecule has 1 amide bonds. The molecule has 0 radical (unpaired) electrons. The number of rotatable bonds is 2. The Balaban J connectivity index is 1.44. The van der Waals surface area contributed by atoms with E-state index < -0.39 is 0 Å². The molecule has 2 aliphatic heterocycles. The van der Waals surface area contributed by atoms with Gasteiger partial charge in [-0.3, -0.25) is 14.4 Å². The quantitative estimate of drug-likeness (QED) is 0.661. The van der Waals surface area contributed by atoms with Gasteiger partial charge in [0.15, 0.2) is 0 Å². The van der Waals surface area contributed by atoms with Crippen molar-refractivity contribution in [3.8, 4) is 0 Å². The fourth-order valence-electron chi connectivity index (χ4n) is 4.86. The molecule has 2 aromatic heterocycles. The summed E-state index contributed by atoms with van der Waals surface area (Å²) in [6.45, 7) is 1.93. The summed E-state index contributed by atoms with van der Waals surface area (Å²) in [5.74, 6) is 0.489. The predicted octanol–water partition coefficient (Wildman–Crippen LogP) is 1.28. The fraction of sp³-hybridized carbons (Fsp3) is 0.364. The summed E-state index contributed by atoms with van der Waals surface area (Å²) < 4.78 is 3.17. The van der Waals surface area contributed by atoms with Crippen molar-refractivity contribution >= 4 is 16.7 Å². The van der Waals surface area contributed by atoms with E-state index in [0.29, 0.717) is 30.7 Å². The van der Waals surface area contributed by atoms with Crippen LogP contribution in [0.4, 0.5) is 0 Å². The first kappa shape index (κ1) is 17.8. The normalized spacial score (nSPS) is 20.5. The first-order valence-corrected chi connectivity index (χ1v) is 9.93. The number of hydrogen-bond acceptors (Lipinski definition) is 4. The van der Waals surface area contributed by atoms with Crippen molar-refractivity contribution in [2.24, 2.45) is 13.0 Å². The van der Waals surface area contributed by atoms with Gasteiger partial charge in [0, 0.05) is 49.7 Å². The van der Waals surface area contributed by atoms with Gasteiger partial charge in [0.2, 0.25) is 5.91 Å². The Morgan fingerprint density at radius 3 is 2.66 bits per heavy atom. The molecule has 1 fully saturated rings. The van der Waals surface area contributed by atoms with E-state index in [4.69, 9.17) is 0 Å². The monoisotopic (exact) mass is 390 g/mol. The van der Waals surface area contributed by atoms with Crippen molar-refractivity contribution in [1.29, 1.82) is 0 Å². The van der Waals surface area contributed by atoms with E-state index >= 15 is 0 Å². The maximum absolute atomic E-state index is 13.1. The SMILES string of the molecule is Cn1nc(CC(=O)N2CC3CC(C2)c2cccc(=O)n2C3)c2ccccc2c1=O. The molecule has 0 aliphatic carbocycles. The average molecular weight is 390 g/mol. The molecule has 2 aliphatic rings. The summed E-state index contributed by atoms with van der Waals surface area (Å²) in [6, 6.07) is 12.7. The summed E-state index contributed by atoms with van der Waals surface area (Å²) in [4.78, 5) is 39.6. The number of likely N-dealkylation sites (tertiary alicyclic amines) is 1. The first-order chi connectivity index (χ1) is 14.0. The second-order valence-electron chi connectivity index (χ2n) is 8.09. The van der Waals surface area contributed by atoms with Crippen LogP contribution < -0.4 is 11.1 Å². The number of benzene rings is 1. The van der Waals surface area contributed by atoms with E-state index in [-0.39, 0.29) is 35.3 Å². The summed E-state index contributed by atoms with van der Waals surface area (Å²) >= 11 is 0. The molecule has 7 heteroatoms. The van der Waals surface area contributed by atoms with Gasteiger partial charge in [-0.1, -0.05) is 24.3 Å². The molecule has 0 spiro atoms. The topological polar surface area (TPSA) is 77.2 Å². The third-order valence-electron chi connectivity index (χ3n) is 6.18. The molecule has 2 unspecified atom stereocenters. The maximum Gasteiger partial charge on any atom is 0.274 e. The molecule has 5 rings (SSSR count). The van der Waals surface area contributed by atoms with Crippen LogP contribution in [0.25, 0.3) is 10.8 Å². The number of aryl methyl sites for hydroxylation is 1. The number of piperidine rings is 1. The van der Waals surface area contributed by atoms with Crippen LogP contribution in [0, 0.1) is 5.92 Å². The van der Waals surface area contributed by atoms with Gasteiger partial charge in [-0.15, -0.1) is 0 Å². The third-order valence-corrected chi connectivity index (χ3v) is 6.18.